The van der Waals surface area contributed by atoms with Crippen LogP contribution in [0.15, 0.2) is 53.9 Å². The van der Waals surface area contributed by atoms with Crippen LogP contribution < -0.4 is 5.32 Å². The number of aromatic hydroxyl groups is 1. The van der Waals surface area contributed by atoms with E-state index in [-0.39, 0.29) is 11.0 Å². The Morgan fingerprint density at radius 1 is 1.00 bits per heavy atom. The van der Waals surface area contributed by atoms with Gasteiger partial charge in [-0.2, -0.15) is 4.98 Å². The lowest BCUT2D eigenvalue weighted by atomic mass is 10.0. The zero-order valence-electron chi connectivity index (χ0n) is 13.3. The van der Waals surface area contributed by atoms with E-state index in [1.165, 1.54) is 16.9 Å². The van der Waals surface area contributed by atoms with Gasteiger partial charge in [-0.3, -0.25) is 0 Å². The Bertz CT molecular complexity index is 1040. The molecule has 4 rings (SSSR count). The van der Waals surface area contributed by atoms with Crippen LogP contribution in [0, 0.1) is 6.92 Å². The smallest absolute Gasteiger partial charge is 0.225 e. The van der Waals surface area contributed by atoms with Gasteiger partial charge in [-0.05, 0) is 48.4 Å². The molecule has 4 aromatic rings. The summed E-state index contributed by atoms with van der Waals surface area (Å²) in [6.45, 7) is 2.07. The number of fused-ring (bicyclic) bond motifs is 1. The van der Waals surface area contributed by atoms with Crippen LogP contribution in [0.25, 0.3) is 21.3 Å². The molecule has 0 aliphatic carbocycles. The molecule has 4 nitrogen and oxygen atoms in total. The third-order valence-corrected chi connectivity index (χ3v) is 4.94. The third-order valence-electron chi connectivity index (χ3n) is 3.90. The number of aryl methyl sites for hydroxylation is 1. The lowest BCUT2D eigenvalue weighted by Gasteiger charge is -2.09. The molecule has 2 aromatic heterocycles. The number of hydrogen-bond acceptors (Lipinski definition) is 5. The van der Waals surface area contributed by atoms with Gasteiger partial charge < -0.3 is 10.4 Å². The van der Waals surface area contributed by atoms with Crippen LogP contribution in [0.1, 0.15) is 5.56 Å². The SMILES string of the molecule is Cc1ccc(-c2csc3nc(Cl)nc(Nc4ccc(O)cc4)c23)cc1. The molecule has 0 spiro atoms. The fraction of sp³-hybridized carbons (Fsp3) is 0.0526. The number of nitrogens with zero attached hydrogens (tertiary/aromatic N) is 2. The number of halogens is 1. The number of anilines is 2. The molecule has 25 heavy (non-hydrogen) atoms. The van der Waals surface area contributed by atoms with Crippen LogP contribution >= 0.6 is 22.9 Å². The highest BCUT2D eigenvalue weighted by atomic mass is 35.5. The van der Waals surface area contributed by atoms with Crippen molar-refractivity contribution in [1.82, 2.24) is 9.97 Å². The molecule has 0 radical (unpaired) electrons. The molecule has 124 valence electrons. The van der Waals surface area contributed by atoms with E-state index in [0.717, 1.165) is 27.0 Å². The lowest BCUT2D eigenvalue weighted by Crippen LogP contribution is -1.96. The normalized spacial score (nSPS) is 11.0. The molecule has 6 heteroatoms. The molecule has 0 bridgehead atoms. The first-order valence-electron chi connectivity index (χ1n) is 7.68. The second kappa shape index (κ2) is 6.35. The summed E-state index contributed by atoms with van der Waals surface area (Å²) in [7, 11) is 0. The highest BCUT2D eigenvalue weighted by molar-refractivity contribution is 7.17. The van der Waals surface area contributed by atoms with Crippen molar-refractivity contribution >= 4 is 44.7 Å². The van der Waals surface area contributed by atoms with Gasteiger partial charge in [-0.1, -0.05) is 29.8 Å². The third kappa shape index (κ3) is 3.16. The molecule has 2 heterocycles. The minimum atomic E-state index is 0.200. The van der Waals surface area contributed by atoms with E-state index in [0.29, 0.717) is 5.82 Å². The zero-order valence-corrected chi connectivity index (χ0v) is 14.9. The Labute approximate surface area is 153 Å². The molecule has 0 aliphatic heterocycles. The maximum Gasteiger partial charge on any atom is 0.225 e. The Kier molecular flexibility index (Phi) is 4.03. The van der Waals surface area contributed by atoms with Crippen molar-refractivity contribution in [2.45, 2.75) is 6.92 Å². The second-order valence-corrected chi connectivity index (χ2v) is 6.90. The summed E-state index contributed by atoms with van der Waals surface area (Å²) < 4.78 is 0. The first-order chi connectivity index (χ1) is 12.1. The fourth-order valence-corrected chi connectivity index (χ4v) is 3.80. The maximum absolute atomic E-state index is 9.45. The van der Waals surface area contributed by atoms with Crippen LogP contribution in [0.3, 0.4) is 0 Å². The summed E-state index contributed by atoms with van der Waals surface area (Å²) >= 11 is 7.63. The number of hydrogen-bond donors (Lipinski definition) is 2. The Morgan fingerprint density at radius 2 is 1.72 bits per heavy atom. The monoisotopic (exact) mass is 367 g/mol. The average Bonchev–Trinajstić information content (AvgIpc) is 3.01. The van der Waals surface area contributed by atoms with Crippen molar-refractivity contribution in [3.8, 4) is 16.9 Å². The Morgan fingerprint density at radius 3 is 2.44 bits per heavy atom. The van der Waals surface area contributed by atoms with Gasteiger partial charge in [0.2, 0.25) is 5.28 Å². The number of rotatable bonds is 3. The molecule has 0 amide bonds. The first-order valence-corrected chi connectivity index (χ1v) is 8.94. The summed E-state index contributed by atoms with van der Waals surface area (Å²) in [5.41, 5.74) is 4.20. The lowest BCUT2D eigenvalue weighted by molar-refractivity contribution is 0.475. The minimum Gasteiger partial charge on any atom is -0.508 e. The number of nitrogens with one attached hydrogen (secondary N) is 1. The molecular formula is C19H14ClN3OS. The number of benzene rings is 2. The molecule has 0 aliphatic rings. The summed E-state index contributed by atoms with van der Waals surface area (Å²) in [5, 5.41) is 15.9. The number of phenols is 1. The van der Waals surface area contributed by atoms with Crippen LogP contribution in [0.2, 0.25) is 5.28 Å². The van der Waals surface area contributed by atoms with E-state index in [1.807, 2.05) is 0 Å². The molecule has 2 aromatic carbocycles. The number of phenolic OH excluding ortho intramolecular Hbond substituents is 1. The highest BCUT2D eigenvalue weighted by Gasteiger charge is 2.15. The molecule has 2 N–H and O–H groups in total. The van der Waals surface area contributed by atoms with E-state index in [2.05, 4.69) is 51.9 Å². The van der Waals surface area contributed by atoms with E-state index in [9.17, 15) is 5.11 Å². The van der Waals surface area contributed by atoms with Gasteiger partial charge in [0, 0.05) is 16.6 Å². The predicted octanol–water partition coefficient (Wildman–Crippen LogP) is 5.77. The first kappa shape index (κ1) is 15.9. The van der Waals surface area contributed by atoms with E-state index in [4.69, 9.17) is 11.6 Å². The van der Waals surface area contributed by atoms with E-state index >= 15 is 0 Å². The van der Waals surface area contributed by atoms with Gasteiger partial charge in [-0.15, -0.1) is 11.3 Å². The maximum atomic E-state index is 9.45. The molecule has 0 fully saturated rings. The van der Waals surface area contributed by atoms with Crippen molar-refractivity contribution in [2.24, 2.45) is 0 Å². The standard InChI is InChI=1S/C19H14ClN3OS/c1-11-2-4-12(5-3-11)15-10-25-18-16(15)17(22-19(20)23-18)21-13-6-8-14(24)9-7-13/h2-10,24H,1H3,(H,21,22,23). The fourth-order valence-electron chi connectivity index (χ4n) is 2.63. The van der Waals surface area contributed by atoms with Crippen molar-refractivity contribution in [3.05, 3.63) is 64.8 Å². The molecular weight excluding hydrogens is 354 g/mol. The Balaban J connectivity index is 1.86. The van der Waals surface area contributed by atoms with Gasteiger partial charge in [-0.25, -0.2) is 4.98 Å². The van der Waals surface area contributed by atoms with Crippen molar-refractivity contribution in [2.75, 3.05) is 5.32 Å². The minimum absolute atomic E-state index is 0.200. The van der Waals surface area contributed by atoms with Crippen LogP contribution in [0.4, 0.5) is 11.5 Å². The Hall–Kier alpha value is -2.63. The van der Waals surface area contributed by atoms with Gasteiger partial charge in [0.05, 0.1) is 5.39 Å². The molecule has 0 saturated heterocycles. The molecule has 0 unspecified atom stereocenters. The summed E-state index contributed by atoms with van der Waals surface area (Å²) in [4.78, 5) is 9.56. The highest BCUT2D eigenvalue weighted by Crippen LogP contribution is 2.38. The topological polar surface area (TPSA) is 58.0 Å². The summed E-state index contributed by atoms with van der Waals surface area (Å²) in [5.74, 6) is 0.866. The second-order valence-electron chi connectivity index (χ2n) is 5.71. The van der Waals surface area contributed by atoms with Crippen molar-refractivity contribution < 1.29 is 5.11 Å². The molecule has 0 atom stereocenters. The molecule has 0 saturated carbocycles. The van der Waals surface area contributed by atoms with Gasteiger partial charge in [0.25, 0.3) is 0 Å². The van der Waals surface area contributed by atoms with Crippen LogP contribution in [-0.4, -0.2) is 15.1 Å². The summed E-state index contributed by atoms with van der Waals surface area (Å²) in [6.07, 6.45) is 0. The van der Waals surface area contributed by atoms with Crippen LogP contribution in [0.5, 0.6) is 5.75 Å². The largest absolute Gasteiger partial charge is 0.508 e. The average molecular weight is 368 g/mol. The van der Waals surface area contributed by atoms with Gasteiger partial charge in [0.15, 0.2) is 0 Å². The summed E-state index contributed by atoms with van der Waals surface area (Å²) in [6, 6.07) is 15.2. The van der Waals surface area contributed by atoms with Gasteiger partial charge in [0.1, 0.15) is 16.4 Å². The number of aromatic nitrogens is 2. The van der Waals surface area contributed by atoms with Crippen LogP contribution in [-0.2, 0) is 0 Å². The zero-order chi connectivity index (χ0) is 17.4. The number of thiophene rings is 1. The van der Waals surface area contributed by atoms with Crippen molar-refractivity contribution in [3.63, 3.8) is 0 Å². The quantitative estimate of drug-likeness (QED) is 0.356. The van der Waals surface area contributed by atoms with Crippen molar-refractivity contribution in [1.29, 1.82) is 0 Å². The van der Waals surface area contributed by atoms with E-state index in [1.54, 1.807) is 24.3 Å². The van der Waals surface area contributed by atoms with E-state index < -0.39 is 0 Å². The van der Waals surface area contributed by atoms with Gasteiger partial charge >= 0.3 is 0 Å². The predicted molar refractivity (Wildman–Crippen MR) is 104 cm³/mol.